The van der Waals surface area contributed by atoms with Crippen LogP contribution in [0, 0.1) is 5.92 Å². The van der Waals surface area contributed by atoms with Crippen LogP contribution in [0.3, 0.4) is 0 Å². The second-order valence-electron chi connectivity index (χ2n) is 5.19. The Labute approximate surface area is 120 Å². The van der Waals surface area contributed by atoms with E-state index in [1.807, 2.05) is 12.1 Å². The van der Waals surface area contributed by atoms with Gasteiger partial charge in [0.1, 0.15) is 6.10 Å². The summed E-state index contributed by atoms with van der Waals surface area (Å²) in [6, 6.07) is 20.8. The Balaban J connectivity index is 1.77. The Bertz CT molecular complexity index is 577. The number of hydrogen-bond acceptors (Lipinski definition) is 2. The first-order chi connectivity index (χ1) is 9.88. The smallest absolute Gasteiger partial charge is 0.140 e. The number of rotatable bonds is 4. The molecule has 1 heterocycles. The van der Waals surface area contributed by atoms with Crippen LogP contribution >= 0.6 is 0 Å². The third-order valence-electron chi connectivity index (χ3n) is 3.88. The molecule has 1 aliphatic heterocycles. The van der Waals surface area contributed by atoms with Crippen molar-refractivity contribution in [2.45, 2.75) is 25.9 Å². The number of hydrogen-bond donors (Lipinski definition) is 0. The average molecular weight is 265 g/mol. The summed E-state index contributed by atoms with van der Waals surface area (Å²) >= 11 is 0. The molecular formula is C18H19NO. The lowest BCUT2D eigenvalue weighted by Gasteiger charge is -2.17. The third kappa shape index (κ3) is 2.60. The number of benzene rings is 2. The molecular weight excluding hydrogens is 246 g/mol. The summed E-state index contributed by atoms with van der Waals surface area (Å²) in [4.78, 5) is 5.72. The average Bonchev–Trinajstić information content (AvgIpc) is 2.92. The molecule has 20 heavy (non-hydrogen) atoms. The summed E-state index contributed by atoms with van der Waals surface area (Å²) in [5.74, 6) is 0.373. The fourth-order valence-electron chi connectivity index (χ4n) is 2.80. The Hall–Kier alpha value is -2.09. The van der Waals surface area contributed by atoms with E-state index in [1.165, 1.54) is 11.1 Å². The van der Waals surface area contributed by atoms with E-state index in [9.17, 15) is 0 Å². The van der Waals surface area contributed by atoms with Gasteiger partial charge < -0.3 is 4.84 Å². The van der Waals surface area contributed by atoms with Crippen LogP contribution in [0.15, 0.2) is 65.8 Å². The molecule has 0 aromatic heterocycles. The van der Waals surface area contributed by atoms with Gasteiger partial charge in [0, 0.05) is 12.3 Å². The van der Waals surface area contributed by atoms with E-state index in [1.54, 1.807) is 0 Å². The molecule has 2 aromatic carbocycles. The highest BCUT2D eigenvalue weighted by molar-refractivity contribution is 6.03. The van der Waals surface area contributed by atoms with Crippen molar-refractivity contribution in [2.75, 3.05) is 0 Å². The van der Waals surface area contributed by atoms with Gasteiger partial charge in [0.25, 0.3) is 0 Å². The molecule has 0 bridgehead atoms. The number of oxime groups is 1. The predicted octanol–water partition coefficient (Wildman–Crippen LogP) is 4.06. The molecule has 0 N–H and O–H groups in total. The molecule has 0 radical (unpaired) electrons. The minimum Gasteiger partial charge on any atom is -0.391 e. The summed E-state index contributed by atoms with van der Waals surface area (Å²) in [6.07, 6.45) is 2.11. The maximum atomic E-state index is 5.72. The van der Waals surface area contributed by atoms with Crippen molar-refractivity contribution in [3.05, 3.63) is 71.8 Å². The molecule has 2 atom stereocenters. The van der Waals surface area contributed by atoms with Crippen LogP contribution in [-0.4, -0.2) is 11.8 Å². The Kier molecular flexibility index (Phi) is 3.82. The van der Waals surface area contributed by atoms with Gasteiger partial charge in [-0.3, -0.25) is 0 Å². The Morgan fingerprint density at radius 2 is 1.60 bits per heavy atom. The zero-order chi connectivity index (χ0) is 13.8. The standard InChI is InChI=1S/C18H19NO/c1-2-16-17(13-14-9-5-3-6-10-14)20-19-18(16)15-11-7-4-8-12-15/h3-12,16-17H,2,13H2,1H3. The summed E-state index contributed by atoms with van der Waals surface area (Å²) in [5.41, 5.74) is 3.57. The van der Waals surface area contributed by atoms with E-state index < -0.39 is 0 Å². The van der Waals surface area contributed by atoms with Gasteiger partial charge in [0.2, 0.25) is 0 Å². The van der Waals surface area contributed by atoms with Crippen LogP contribution in [0.2, 0.25) is 0 Å². The van der Waals surface area contributed by atoms with Gasteiger partial charge in [-0.1, -0.05) is 72.7 Å². The fraction of sp³-hybridized carbons (Fsp3) is 0.278. The van der Waals surface area contributed by atoms with Gasteiger partial charge in [-0.2, -0.15) is 0 Å². The fourth-order valence-corrected chi connectivity index (χ4v) is 2.80. The third-order valence-corrected chi connectivity index (χ3v) is 3.88. The first-order valence-electron chi connectivity index (χ1n) is 7.21. The first-order valence-corrected chi connectivity index (χ1v) is 7.21. The molecule has 0 saturated carbocycles. The van der Waals surface area contributed by atoms with Gasteiger partial charge in [-0.25, -0.2) is 0 Å². The quantitative estimate of drug-likeness (QED) is 0.817. The molecule has 0 fully saturated rings. The molecule has 2 heteroatoms. The highest BCUT2D eigenvalue weighted by Crippen LogP contribution is 2.28. The monoisotopic (exact) mass is 265 g/mol. The van der Waals surface area contributed by atoms with E-state index in [-0.39, 0.29) is 6.10 Å². The lowest BCUT2D eigenvalue weighted by molar-refractivity contribution is 0.0614. The molecule has 0 spiro atoms. The summed E-state index contributed by atoms with van der Waals surface area (Å²) < 4.78 is 0. The zero-order valence-electron chi connectivity index (χ0n) is 11.7. The van der Waals surface area contributed by atoms with E-state index in [2.05, 4.69) is 60.6 Å². The van der Waals surface area contributed by atoms with Crippen LogP contribution in [0.1, 0.15) is 24.5 Å². The molecule has 2 nitrogen and oxygen atoms in total. The van der Waals surface area contributed by atoms with Gasteiger partial charge in [-0.05, 0) is 17.5 Å². The lowest BCUT2D eigenvalue weighted by atomic mass is 9.87. The predicted molar refractivity (Wildman–Crippen MR) is 81.8 cm³/mol. The highest BCUT2D eigenvalue weighted by Gasteiger charge is 2.33. The van der Waals surface area contributed by atoms with Crippen LogP contribution in [0.4, 0.5) is 0 Å². The molecule has 1 aliphatic rings. The zero-order valence-corrected chi connectivity index (χ0v) is 11.7. The molecule has 0 amide bonds. The van der Waals surface area contributed by atoms with Crippen LogP contribution in [-0.2, 0) is 11.3 Å². The number of nitrogens with zero attached hydrogens (tertiary/aromatic N) is 1. The van der Waals surface area contributed by atoms with Crippen molar-refractivity contribution in [3.63, 3.8) is 0 Å². The normalized spacial score (nSPS) is 21.4. The topological polar surface area (TPSA) is 21.6 Å². The van der Waals surface area contributed by atoms with Gasteiger partial charge >= 0.3 is 0 Å². The molecule has 102 valence electrons. The van der Waals surface area contributed by atoms with Crippen molar-refractivity contribution in [2.24, 2.45) is 11.1 Å². The molecule has 2 aromatic rings. The second-order valence-corrected chi connectivity index (χ2v) is 5.19. The van der Waals surface area contributed by atoms with E-state index in [0.29, 0.717) is 5.92 Å². The largest absolute Gasteiger partial charge is 0.391 e. The summed E-state index contributed by atoms with van der Waals surface area (Å²) in [6.45, 7) is 2.20. The van der Waals surface area contributed by atoms with Crippen molar-refractivity contribution in [3.8, 4) is 0 Å². The van der Waals surface area contributed by atoms with Crippen molar-refractivity contribution < 1.29 is 4.84 Å². The van der Waals surface area contributed by atoms with Crippen LogP contribution in [0.5, 0.6) is 0 Å². The van der Waals surface area contributed by atoms with Crippen molar-refractivity contribution in [1.82, 2.24) is 0 Å². The van der Waals surface area contributed by atoms with E-state index >= 15 is 0 Å². The maximum absolute atomic E-state index is 5.72. The maximum Gasteiger partial charge on any atom is 0.140 e. The molecule has 3 rings (SSSR count). The molecule has 0 saturated heterocycles. The van der Waals surface area contributed by atoms with Crippen LogP contribution in [0.25, 0.3) is 0 Å². The molecule has 2 unspecified atom stereocenters. The minimum absolute atomic E-state index is 0.151. The Morgan fingerprint density at radius 3 is 2.25 bits per heavy atom. The van der Waals surface area contributed by atoms with Gasteiger partial charge in [0.15, 0.2) is 0 Å². The first kappa shape index (κ1) is 12.9. The van der Waals surface area contributed by atoms with Crippen molar-refractivity contribution in [1.29, 1.82) is 0 Å². The van der Waals surface area contributed by atoms with Crippen molar-refractivity contribution >= 4 is 5.71 Å². The SMILES string of the molecule is CCC1C(c2ccccc2)=NOC1Cc1ccccc1. The van der Waals surface area contributed by atoms with Gasteiger partial charge in [0.05, 0.1) is 5.71 Å². The van der Waals surface area contributed by atoms with E-state index in [4.69, 9.17) is 4.84 Å². The summed E-state index contributed by atoms with van der Waals surface area (Å²) in [7, 11) is 0. The highest BCUT2D eigenvalue weighted by atomic mass is 16.6. The summed E-state index contributed by atoms with van der Waals surface area (Å²) in [5, 5.41) is 4.35. The lowest BCUT2D eigenvalue weighted by Crippen LogP contribution is -2.25. The minimum atomic E-state index is 0.151. The Morgan fingerprint density at radius 1 is 0.950 bits per heavy atom. The second kappa shape index (κ2) is 5.91. The van der Waals surface area contributed by atoms with E-state index in [0.717, 1.165) is 18.6 Å². The van der Waals surface area contributed by atoms with Crippen LogP contribution < -0.4 is 0 Å². The van der Waals surface area contributed by atoms with Gasteiger partial charge in [-0.15, -0.1) is 0 Å². The molecule has 0 aliphatic carbocycles.